The minimum atomic E-state index is 0.0851. The fourth-order valence-electron chi connectivity index (χ4n) is 2.06. The summed E-state index contributed by atoms with van der Waals surface area (Å²) in [5, 5.41) is 2.88. The Labute approximate surface area is 90.7 Å². The van der Waals surface area contributed by atoms with E-state index in [0.29, 0.717) is 5.92 Å². The Morgan fingerprint density at radius 1 is 1.40 bits per heavy atom. The zero-order valence-corrected chi connectivity index (χ0v) is 9.34. The van der Waals surface area contributed by atoms with Crippen LogP contribution in [-0.2, 0) is 12.8 Å². The maximum absolute atomic E-state index is 11.6. The fraction of sp³-hybridized carbons (Fsp3) is 0.462. The van der Waals surface area contributed by atoms with E-state index in [1.807, 2.05) is 6.07 Å². The Morgan fingerprint density at radius 3 is 2.93 bits per heavy atom. The fourth-order valence-corrected chi connectivity index (χ4v) is 2.06. The monoisotopic (exact) mass is 203 g/mol. The third kappa shape index (κ3) is 2.20. The van der Waals surface area contributed by atoms with Gasteiger partial charge in [-0.3, -0.25) is 4.79 Å². The molecule has 0 bridgehead atoms. The molecular weight excluding hydrogens is 186 g/mol. The van der Waals surface area contributed by atoms with Gasteiger partial charge in [0, 0.05) is 12.1 Å². The van der Waals surface area contributed by atoms with Crippen LogP contribution in [0.3, 0.4) is 0 Å². The van der Waals surface area contributed by atoms with Crippen LogP contribution in [0.4, 0.5) is 0 Å². The van der Waals surface area contributed by atoms with Crippen LogP contribution in [-0.4, -0.2) is 12.5 Å². The normalized spacial score (nSPS) is 15.0. The van der Waals surface area contributed by atoms with Crippen molar-refractivity contribution in [3.05, 3.63) is 34.9 Å². The largest absolute Gasteiger partial charge is 0.352 e. The van der Waals surface area contributed by atoms with Gasteiger partial charge in [-0.05, 0) is 36.0 Å². The lowest BCUT2D eigenvalue weighted by molar-refractivity contribution is 0.0946. The van der Waals surface area contributed by atoms with E-state index in [1.165, 1.54) is 11.1 Å². The summed E-state index contributed by atoms with van der Waals surface area (Å²) in [6, 6.07) is 6.30. The maximum Gasteiger partial charge on any atom is 0.251 e. The number of carbonyl (C=O) groups excluding carboxylic acids is 1. The van der Waals surface area contributed by atoms with Crippen molar-refractivity contribution >= 4 is 5.91 Å². The molecule has 1 aromatic carbocycles. The molecule has 0 aromatic heterocycles. The maximum atomic E-state index is 11.6. The molecule has 0 spiro atoms. The lowest BCUT2D eigenvalue weighted by Crippen LogP contribution is -2.31. The van der Waals surface area contributed by atoms with Crippen molar-refractivity contribution < 1.29 is 4.79 Å². The van der Waals surface area contributed by atoms with Crippen LogP contribution in [0.2, 0.25) is 0 Å². The average Bonchev–Trinajstić information content (AvgIpc) is 2.18. The Hall–Kier alpha value is -1.31. The number of benzene rings is 1. The Bertz CT molecular complexity index is 382. The van der Waals surface area contributed by atoms with Crippen molar-refractivity contribution in [1.29, 1.82) is 0 Å². The number of fused-ring (bicyclic) bond motifs is 1. The van der Waals surface area contributed by atoms with Crippen molar-refractivity contribution in [2.24, 2.45) is 5.92 Å². The van der Waals surface area contributed by atoms with Crippen LogP contribution < -0.4 is 5.32 Å². The Balaban J connectivity index is 2.31. The van der Waals surface area contributed by atoms with Crippen molar-refractivity contribution in [3.63, 3.8) is 0 Å². The molecule has 0 unspecified atom stereocenters. The predicted octanol–water partition coefficient (Wildman–Crippen LogP) is 2.17. The molecule has 1 N–H and O–H groups in total. The molecule has 80 valence electrons. The molecule has 0 saturated heterocycles. The number of rotatable bonds is 2. The van der Waals surface area contributed by atoms with Gasteiger partial charge in [-0.15, -0.1) is 0 Å². The van der Waals surface area contributed by atoms with Gasteiger partial charge < -0.3 is 5.32 Å². The SMILES string of the molecule is CC(C)Cc1ccc2c(c1)C(=O)NCC2. The van der Waals surface area contributed by atoms with E-state index in [2.05, 4.69) is 31.3 Å². The number of carbonyl (C=O) groups is 1. The highest BCUT2D eigenvalue weighted by atomic mass is 16.1. The summed E-state index contributed by atoms with van der Waals surface area (Å²) in [6.07, 6.45) is 2.00. The molecule has 0 radical (unpaired) electrons. The van der Waals surface area contributed by atoms with Gasteiger partial charge in [-0.1, -0.05) is 26.0 Å². The molecule has 2 nitrogen and oxygen atoms in total. The third-order valence-corrected chi connectivity index (χ3v) is 2.74. The van der Waals surface area contributed by atoms with E-state index in [9.17, 15) is 4.79 Å². The van der Waals surface area contributed by atoms with Crippen LogP contribution in [0.5, 0.6) is 0 Å². The first kappa shape index (κ1) is 10.2. The lowest BCUT2D eigenvalue weighted by Gasteiger charge is -2.17. The van der Waals surface area contributed by atoms with Gasteiger partial charge in [0.25, 0.3) is 5.91 Å². The molecule has 1 aliphatic rings. The zero-order valence-electron chi connectivity index (χ0n) is 9.34. The molecule has 2 heteroatoms. The molecule has 0 atom stereocenters. The first-order valence-corrected chi connectivity index (χ1v) is 5.57. The van der Waals surface area contributed by atoms with E-state index in [4.69, 9.17) is 0 Å². The predicted molar refractivity (Wildman–Crippen MR) is 61.0 cm³/mol. The van der Waals surface area contributed by atoms with E-state index in [-0.39, 0.29) is 5.91 Å². The van der Waals surface area contributed by atoms with Crippen LogP contribution in [0.25, 0.3) is 0 Å². The molecule has 1 heterocycles. The first-order valence-electron chi connectivity index (χ1n) is 5.57. The highest BCUT2D eigenvalue weighted by molar-refractivity contribution is 5.96. The second kappa shape index (κ2) is 4.05. The number of nitrogens with one attached hydrogen (secondary N) is 1. The Kier molecular flexibility index (Phi) is 2.76. The van der Waals surface area contributed by atoms with Crippen molar-refractivity contribution in [2.75, 3.05) is 6.54 Å². The highest BCUT2D eigenvalue weighted by Gasteiger charge is 2.16. The van der Waals surface area contributed by atoms with Crippen molar-refractivity contribution in [1.82, 2.24) is 5.32 Å². The summed E-state index contributed by atoms with van der Waals surface area (Å²) in [4.78, 5) is 11.6. The summed E-state index contributed by atoms with van der Waals surface area (Å²) < 4.78 is 0. The molecule has 1 aromatic rings. The van der Waals surface area contributed by atoms with E-state index < -0.39 is 0 Å². The molecule has 0 fully saturated rings. The van der Waals surface area contributed by atoms with Gasteiger partial charge in [0.05, 0.1) is 0 Å². The molecule has 0 aliphatic carbocycles. The number of hydrogen-bond acceptors (Lipinski definition) is 1. The van der Waals surface area contributed by atoms with Crippen LogP contribution in [0, 0.1) is 5.92 Å². The smallest absolute Gasteiger partial charge is 0.251 e. The van der Waals surface area contributed by atoms with Crippen LogP contribution in [0.15, 0.2) is 18.2 Å². The second-order valence-electron chi connectivity index (χ2n) is 4.60. The molecule has 15 heavy (non-hydrogen) atoms. The second-order valence-corrected chi connectivity index (χ2v) is 4.60. The summed E-state index contributed by atoms with van der Waals surface area (Å²) in [5.41, 5.74) is 3.33. The molecular formula is C13H17NO. The molecule has 1 aliphatic heterocycles. The number of hydrogen-bond donors (Lipinski definition) is 1. The van der Waals surface area contributed by atoms with Crippen molar-refractivity contribution in [3.8, 4) is 0 Å². The van der Waals surface area contributed by atoms with Gasteiger partial charge in [0.1, 0.15) is 0 Å². The topological polar surface area (TPSA) is 29.1 Å². The number of amides is 1. The van der Waals surface area contributed by atoms with Crippen LogP contribution in [0.1, 0.15) is 35.3 Å². The van der Waals surface area contributed by atoms with E-state index >= 15 is 0 Å². The minimum absolute atomic E-state index is 0.0851. The van der Waals surface area contributed by atoms with Gasteiger partial charge in [-0.2, -0.15) is 0 Å². The summed E-state index contributed by atoms with van der Waals surface area (Å²) >= 11 is 0. The highest BCUT2D eigenvalue weighted by Crippen LogP contribution is 2.17. The van der Waals surface area contributed by atoms with E-state index in [1.54, 1.807) is 0 Å². The van der Waals surface area contributed by atoms with Crippen LogP contribution >= 0.6 is 0 Å². The van der Waals surface area contributed by atoms with Gasteiger partial charge in [0.15, 0.2) is 0 Å². The standard InChI is InChI=1S/C13H17NO/c1-9(2)7-10-3-4-11-5-6-14-13(15)12(11)8-10/h3-4,8-9H,5-7H2,1-2H3,(H,14,15). The first-order chi connectivity index (χ1) is 7.16. The van der Waals surface area contributed by atoms with Gasteiger partial charge >= 0.3 is 0 Å². The zero-order chi connectivity index (χ0) is 10.8. The summed E-state index contributed by atoms with van der Waals surface area (Å²) in [7, 11) is 0. The summed E-state index contributed by atoms with van der Waals surface area (Å²) in [6.45, 7) is 5.16. The van der Waals surface area contributed by atoms with Gasteiger partial charge in [-0.25, -0.2) is 0 Å². The summed E-state index contributed by atoms with van der Waals surface area (Å²) in [5.74, 6) is 0.719. The van der Waals surface area contributed by atoms with Crippen molar-refractivity contribution in [2.45, 2.75) is 26.7 Å². The lowest BCUT2D eigenvalue weighted by atomic mass is 9.94. The minimum Gasteiger partial charge on any atom is -0.352 e. The molecule has 0 saturated carbocycles. The molecule has 1 amide bonds. The third-order valence-electron chi connectivity index (χ3n) is 2.74. The van der Waals surface area contributed by atoms with Gasteiger partial charge in [0.2, 0.25) is 0 Å². The average molecular weight is 203 g/mol. The van der Waals surface area contributed by atoms with E-state index in [0.717, 1.165) is 24.9 Å². The Morgan fingerprint density at radius 2 is 2.20 bits per heavy atom. The quantitative estimate of drug-likeness (QED) is 0.784. The molecule has 2 rings (SSSR count).